The number of hydrogen-bond donors (Lipinski definition) is 2. The van der Waals surface area contributed by atoms with Gasteiger partial charge in [0.2, 0.25) is 5.91 Å². The molecule has 0 spiro atoms. The third kappa shape index (κ3) is 3.84. The van der Waals surface area contributed by atoms with E-state index in [4.69, 9.17) is 16.3 Å². The normalized spacial score (nSPS) is 21.9. The summed E-state index contributed by atoms with van der Waals surface area (Å²) in [7, 11) is 0. The molecule has 2 aliphatic rings. The van der Waals surface area contributed by atoms with E-state index in [1.165, 1.54) is 29.6 Å². The third-order valence-corrected chi connectivity index (χ3v) is 6.44. The van der Waals surface area contributed by atoms with Gasteiger partial charge in [-0.25, -0.2) is 4.79 Å². The molecule has 1 aromatic heterocycles. The standard InChI is InChI=1S/C17H19ClN4O6S/c1-7-11(18)4-19-22(7)8(2)14(24)20-12-15(25)21-13(17(26)27)10(5-28-9(3)23)6-29-16(12)21/h4,8,12,16H,5-6H2,1-3H3,(H,20,24)(H,26,27)/t8-,12-,16-/m1/s1. The van der Waals surface area contributed by atoms with Crippen LogP contribution in [-0.2, 0) is 23.9 Å². The summed E-state index contributed by atoms with van der Waals surface area (Å²) in [6.07, 6.45) is 1.43. The van der Waals surface area contributed by atoms with E-state index in [1.54, 1.807) is 13.8 Å². The van der Waals surface area contributed by atoms with Gasteiger partial charge in [0, 0.05) is 18.2 Å². The van der Waals surface area contributed by atoms with E-state index in [9.17, 15) is 24.3 Å². The fourth-order valence-electron chi connectivity index (χ4n) is 3.16. The van der Waals surface area contributed by atoms with Gasteiger partial charge in [-0.3, -0.25) is 24.0 Å². The van der Waals surface area contributed by atoms with Crippen LogP contribution in [0.5, 0.6) is 0 Å². The molecule has 2 N–H and O–H groups in total. The maximum Gasteiger partial charge on any atom is 0.352 e. The number of rotatable bonds is 6. The predicted octanol–water partition coefficient (Wildman–Crippen LogP) is 0.708. The Hall–Kier alpha value is -2.53. The van der Waals surface area contributed by atoms with Crippen LogP contribution in [0.1, 0.15) is 25.6 Å². The molecule has 29 heavy (non-hydrogen) atoms. The minimum atomic E-state index is -1.29. The number of halogens is 1. The van der Waals surface area contributed by atoms with Crippen molar-refractivity contribution < 1.29 is 29.0 Å². The van der Waals surface area contributed by atoms with Crippen molar-refractivity contribution in [3.05, 3.63) is 28.2 Å². The first kappa shape index (κ1) is 21.2. The summed E-state index contributed by atoms with van der Waals surface area (Å²) in [5.41, 5.74) is 0.754. The van der Waals surface area contributed by atoms with Gasteiger partial charge in [-0.05, 0) is 13.8 Å². The molecule has 1 aromatic rings. The van der Waals surface area contributed by atoms with Gasteiger partial charge in [-0.2, -0.15) is 5.10 Å². The van der Waals surface area contributed by atoms with Gasteiger partial charge in [0.15, 0.2) is 0 Å². The summed E-state index contributed by atoms with van der Waals surface area (Å²) in [5.74, 6) is -2.53. The molecule has 2 aliphatic heterocycles. The fraction of sp³-hybridized carbons (Fsp3) is 0.471. The minimum Gasteiger partial charge on any atom is -0.477 e. The van der Waals surface area contributed by atoms with Crippen LogP contribution in [0.15, 0.2) is 17.5 Å². The zero-order valence-electron chi connectivity index (χ0n) is 15.8. The molecule has 0 bridgehead atoms. The number of aliphatic carboxylic acids is 1. The molecular formula is C17H19ClN4O6S. The first-order valence-corrected chi connectivity index (χ1v) is 10.1. The molecular weight excluding hydrogens is 424 g/mol. The average Bonchev–Trinajstić information content (AvgIpc) is 3.01. The molecule has 1 fully saturated rings. The van der Waals surface area contributed by atoms with Crippen LogP contribution < -0.4 is 5.32 Å². The number of thioether (sulfide) groups is 1. The number of β-lactam (4-membered cyclic amide) rings is 1. The summed E-state index contributed by atoms with van der Waals surface area (Å²) >= 11 is 7.27. The van der Waals surface area contributed by atoms with Crippen molar-refractivity contribution in [2.24, 2.45) is 0 Å². The summed E-state index contributed by atoms with van der Waals surface area (Å²) in [6.45, 7) is 4.37. The van der Waals surface area contributed by atoms with Gasteiger partial charge in [-0.15, -0.1) is 11.8 Å². The number of carbonyl (C=O) groups excluding carboxylic acids is 3. The molecule has 0 aliphatic carbocycles. The Bertz CT molecular complexity index is 929. The van der Waals surface area contributed by atoms with Crippen molar-refractivity contribution in [2.75, 3.05) is 12.4 Å². The summed E-state index contributed by atoms with van der Waals surface area (Å²) in [4.78, 5) is 49.1. The first-order valence-electron chi connectivity index (χ1n) is 8.66. The van der Waals surface area contributed by atoms with Crippen molar-refractivity contribution in [3.63, 3.8) is 0 Å². The SMILES string of the molecule is CC(=O)OCC1=C(C(=O)O)N2C(=O)[C@@H](NC(=O)[C@@H](C)n3ncc(Cl)c3C)[C@H]2SC1. The van der Waals surface area contributed by atoms with E-state index in [2.05, 4.69) is 10.4 Å². The molecule has 2 amide bonds. The number of aromatic nitrogens is 2. The van der Waals surface area contributed by atoms with Crippen molar-refractivity contribution >= 4 is 47.1 Å². The van der Waals surface area contributed by atoms with Gasteiger partial charge < -0.3 is 15.2 Å². The van der Waals surface area contributed by atoms with E-state index in [-0.39, 0.29) is 18.1 Å². The molecule has 0 saturated carbocycles. The Balaban J connectivity index is 1.73. The Morgan fingerprint density at radius 1 is 1.48 bits per heavy atom. The third-order valence-electron chi connectivity index (χ3n) is 4.73. The Labute approximate surface area is 175 Å². The van der Waals surface area contributed by atoms with Crippen LogP contribution in [0.25, 0.3) is 0 Å². The van der Waals surface area contributed by atoms with Crippen molar-refractivity contribution in [1.82, 2.24) is 20.0 Å². The highest BCUT2D eigenvalue weighted by molar-refractivity contribution is 8.00. The van der Waals surface area contributed by atoms with Gasteiger partial charge in [0.1, 0.15) is 29.8 Å². The molecule has 10 nitrogen and oxygen atoms in total. The molecule has 3 atom stereocenters. The topological polar surface area (TPSA) is 131 Å². The number of carboxylic acids is 1. The van der Waals surface area contributed by atoms with Crippen LogP contribution in [0.3, 0.4) is 0 Å². The van der Waals surface area contributed by atoms with Gasteiger partial charge in [-0.1, -0.05) is 11.6 Å². The monoisotopic (exact) mass is 442 g/mol. The van der Waals surface area contributed by atoms with Crippen molar-refractivity contribution in [3.8, 4) is 0 Å². The fourth-order valence-corrected chi connectivity index (χ4v) is 4.62. The smallest absolute Gasteiger partial charge is 0.352 e. The van der Waals surface area contributed by atoms with Gasteiger partial charge in [0.05, 0.1) is 16.9 Å². The minimum absolute atomic E-state index is 0.201. The zero-order valence-corrected chi connectivity index (χ0v) is 17.4. The Morgan fingerprint density at radius 2 is 2.17 bits per heavy atom. The second kappa shape index (κ2) is 8.07. The Morgan fingerprint density at radius 3 is 2.72 bits per heavy atom. The van der Waals surface area contributed by atoms with Crippen molar-refractivity contribution in [2.45, 2.75) is 38.2 Å². The lowest BCUT2D eigenvalue weighted by molar-refractivity contribution is -0.151. The lowest BCUT2D eigenvalue weighted by atomic mass is 10.0. The summed E-state index contributed by atoms with van der Waals surface area (Å²) in [6, 6.07) is -1.56. The second-order valence-corrected chi connectivity index (χ2v) is 8.14. The largest absolute Gasteiger partial charge is 0.477 e. The number of esters is 1. The predicted molar refractivity (Wildman–Crippen MR) is 103 cm³/mol. The highest BCUT2D eigenvalue weighted by atomic mass is 35.5. The van der Waals surface area contributed by atoms with Crippen LogP contribution in [0.2, 0.25) is 5.02 Å². The zero-order chi connectivity index (χ0) is 21.5. The van der Waals surface area contributed by atoms with E-state index >= 15 is 0 Å². The number of carboxylic acid groups (broad SMARTS) is 1. The molecule has 1 saturated heterocycles. The van der Waals surface area contributed by atoms with E-state index < -0.39 is 41.2 Å². The molecule has 0 aromatic carbocycles. The lowest BCUT2D eigenvalue weighted by Gasteiger charge is -2.49. The highest BCUT2D eigenvalue weighted by Gasteiger charge is 2.54. The lowest BCUT2D eigenvalue weighted by Crippen LogP contribution is -2.71. The molecule has 3 heterocycles. The number of nitrogens with one attached hydrogen (secondary N) is 1. The maximum atomic E-state index is 12.6. The number of ether oxygens (including phenoxy) is 1. The number of hydrogen-bond acceptors (Lipinski definition) is 7. The van der Waals surface area contributed by atoms with Gasteiger partial charge >= 0.3 is 11.9 Å². The van der Waals surface area contributed by atoms with Crippen LogP contribution in [0.4, 0.5) is 0 Å². The number of fused-ring (bicyclic) bond motifs is 1. The summed E-state index contributed by atoms with van der Waals surface area (Å²) in [5, 5.41) is 16.1. The van der Waals surface area contributed by atoms with E-state index in [0.717, 1.165) is 4.90 Å². The molecule has 156 valence electrons. The van der Waals surface area contributed by atoms with Gasteiger partial charge in [0.25, 0.3) is 5.91 Å². The number of carbonyl (C=O) groups is 4. The molecule has 3 rings (SSSR count). The number of nitrogens with zero attached hydrogens (tertiary/aromatic N) is 3. The van der Waals surface area contributed by atoms with Crippen LogP contribution in [0, 0.1) is 6.92 Å². The Kier molecular flexibility index (Phi) is 5.90. The van der Waals surface area contributed by atoms with Crippen LogP contribution in [-0.4, -0.2) is 67.3 Å². The summed E-state index contributed by atoms with van der Waals surface area (Å²) < 4.78 is 6.34. The molecule has 12 heteroatoms. The molecule has 0 radical (unpaired) electrons. The first-order chi connectivity index (χ1) is 13.6. The van der Waals surface area contributed by atoms with E-state index in [0.29, 0.717) is 16.3 Å². The van der Waals surface area contributed by atoms with Crippen molar-refractivity contribution in [1.29, 1.82) is 0 Å². The molecule has 0 unspecified atom stereocenters. The highest BCUT2D eigenvalue weighted by Crippen LogP contribution is 2.40. The maximum absolute atomic E-state index is 12.6. The number of amides is 2. The van der Waals surface area contributed by atoms with E-state index in [1.807, 2.05) is 0 Å². The quantitative estimate of drug-likeness (QED) is 0.486. The second-order valence-electron chi connectivity index (χ2n) is 6.63. The average molecular weight is 443 g/mol. The van der Waals surface area contributed by atoms with Crippen LogP contribution >= 0.6 is 23.4 Å².